The number of rotatable bonds is 6. The Morgan fingerprint density at radius 3 is 2.57 bits per heavy atom. The molecule has 0 amide bonds. The maximum Gasteiger partial charge on any atom is 0.191 e. The average molecular weight is 332 g/mol. The summed E-state index contributed by atoms with van der Waals surface area (Å²) in [6, 6.07) is 10.2. The molecule has 1 unspecified atom stereocenters. The number of methoxy groups -OCH3 is 1. The van der Waals surface area contributed by atoms with E-state index in [9.17, 15) is 0 Å². The fraction of sp³-hybridized carbons (Fsp3) is 0.412. The van der Waals surface area contributed by atoms with Gasteiger partial charge in [0.1, 0.15) is 5.01 Å². The topological polar surface area (TPSA) is 58.5 Å². The Morgan fingerprint density at radius 1 is 1.26 bits per heavy atom. The molecule has 0 radical (unpaired) electrons. The van der Waals surface area contributed by atoms with Crippen LogP contribution in [0.25, 0.3) is 0 Å². The van der Waals surface area contributed by atoms with Crippen molar-refractivity contribution >= 4 is 17.3 Å². The van der Waals surface area contributed by atoms with E-state index in [-0.39, 0.29) is 6.10 Å². The Bertz CT molecular complexity index is 620. The lowest BCUT2D eigenvalue weighted by atomic mass is 10.1. The SMILES string of the molecule is CN=C(NCc1nc(C)c(C)s1)NCC(OC)c1ccccc1. The molecule has 0 saturated carbocycles. The first-order valence-corrected chi connectivity index (χ1v) is 8.40. The first-order chi connectivity index (χ1) is 11.1. The molecule has 23 heavy (non-hydrogen) atoms. The number of hydrogen-bond donors (Lipinski definition) is 2. The van der Waals surface area contributed by atoms with Crippen LogP contribution in [0.15, 0.2) is 35.3 Å². The van der Waals surface area contributed by atoms with Gasteiger partial charge in [0.25, 0.3) is 0 Å². The van der Waals surface area contributed by atoms with Gasteiger partial charge in [0.05, 0.1) is 18.3 Å². The number of guanidine groups is 1. The molecule has 2 rings (SSSR count). The molecular formula is C17H24N4OS. The van der Waals surface area contributed by atoms with Gasteiger partial charge in [-0.15, -0.1) is 11.3 Å². The van der Waals surface area contributed by atoms with Crippen LogP contribution in [0.5, 0.6) is 0 Å². The van der Waals surface area contributed by atoms with E-state index in [0.29, 0.717) is 13.1 Å². The molecule has 1 aromatic heterocycles. The van der Waals surface area contributed by atoms with Crippen LogP contribution >= 0.6 is 11.3 Å². The summed E-state index contributed by atoms with van der Waals surface area (Å²) >= 11 is 1.71. The quantitative estimate of drug-likeness (QED) is 0.631. The smallest absolute Gasteiger partial charge is 0.191 e. The Kier molecular flexibility index (Phi) is 6.55. The summed E-state index contributed by atoms with van der Waals surface area (Å²) in [4.78, 5) is 10.0. The highest BCUT2D eigenvalue weighted by atomic mass is 32.1. The van der Waals surface area contributed by atoms with Gasteiger partial charge in [-0.3, -0.25) is 4.99 Å². The van der Waals surface area contributed by atoms with Gasteiger partial charge >= 0.3 is 0 Å². The van der Waals surface area contributed by atoms with Crippen molar-refractivity contribution in [2.45, 2.75) is 26.5 Å². The van der Waals surface area contributed by atoms with Crippen LogP contribution in [0, 0.1) is 13.8 Å². The predicted octanol–water partition coefficient (Wildman–Crippen LogP) is 2.81. The van der Waals surface area contributed by atoms with Crippen LogP contribution in [0.1, 0.15) is 27.2 Å². The lowest BCUT2D eigenvalue weighted by Crippen LogP contribution is -2.39. The van der Waals surface area contributed by atoms with Crippen LogP contribution in [0.3, 0.4) is 0 Å². The third kappa shape index (κ3) is 5.04. The Hall–Kier alpha value is -1.92. The van der Waals surface area contributed by atoms with Crippen LogP contribution in [0.2, 0.25) is 0 Å². The zero-order valence-electron chi connectivity index (χ0n) is 14.1. The van der Waals surface area contributed by atoms with Crippen molar-refractivity contribution in [1.29, 1.82) is 0 Å². The fourth-order valence-electron chi connectivity index (χ4n) is 2.19. The maximum atomic E-state index is 5.56. The Morgan fingerprint density at radius 2 is 2.00 bits per heavy atom. The van der Waals surface area contributed by atoms with Crippen LogP contribution in [-0.2, 0) is 11.3 Å². The Labute approximate surface area is 141 Å². The molecule has 0 bridgehead atoms. The van der Waals surface area contributed by atoms with Crippen molar-refractivity contribution in [2.75, 3.05) is 20.7 Å². The van der Waals surface area contributed by atoms with Crippen molar-refractivity contribution in [3.05, 3.63) is 51.5 Å². The van der Waals surface area contributed by atoms with E-state index in [1.807, 2.05) is 25.1 Å². The fourth-order valence-corrected chi connectivity index (χ4v) is 3.06. The standard InChI is InChI=1S/C17H24N4OS/c1-12-13(2)23-16(21-12)11-20-17(18-3)19-10-15(22-4)14-8-6-5-7-9-14/h5-9,15H,10-11H2,1-4H3,(H2,18,19,20). The molecule has 0 fully saturated rings. The largest absolute Gasteiger partial charge is 0.375 e. The van der Waals surface area contributed by atoms with Crippen molar-refractivity contribution in [3.63, 3.8) is 0 Å². The summed E-state index contributed by atoms with van der Waals surface area (Å²) < 4.78 is 5.56. The molecule has 0 spiro atoms. The van der Waals surface area contributed by atoms with Gasteiger partial charge in [-0.1, -0.05) is 30.3 Å². The van der Waals surface area contributed by atoms with Crippen molar-refractivity contribution in [2.24, 2.45) is 4.99 Å². The second-order valence-electron chi connectivity index (χ2n) is 5.19. The number of ether oxygens (including phenoxy) is 1. The summed E-state index contributed by atoms with van der Waals surface area (Å²) in [6.45, 7) is 5.44. The van der Waals surface area contributed by atoms with Gasteiger partial charge in [-0.25, -0.2) is 4.98 Å². The van der Waals surface area contributed by atoms with Crippen molar-refractivity contribution in [3.8, 4) is 0 Å². The van der Waals surface area contributed by atoms with Crippen LogP contribution < -0.4 is 10.6 Å². The highest BCUT2D eigenvalue weighted by molar-refractivity contribution is 7.11. The zero-order valence-corrected chi connectivity index (χ0v) is 14.9. The monoisotopic (exact) mass is 332 g/mol. The van der Waals surface area contributed by atoms with E-state index in [1.54, 1.807) is 25.5 Å². The van der Waals surface area contributed by atoms with Gasteiger partial charge in [0.15, 0.2) is 5.96 Å². The van der Waals surface area contributed by atoms with E-state index in [4.69, 9.17) is 4.74 Å². The van der Waals surface area contributed by atoms with Crippen molar-refractivity contribution in [1.82, 2.24) is 15.6 Å². The highest BCUT2D eigenvalue weighted by Crippen LogP contribution is 2.16. The van der Waals surface area contributed by atoms with Crippen LogP contribution in [0.4, 0.5) is 0 Å². The summed E-state index contributed by atoms with van der Waals surface area (Å²) in [5.74, 6) is 0.744. The number of aliphatic imine (C=N–C) groups is 1. The molecule has 1 atom stereocenters. The van der Waals surface area contributed by atoms with Gasteiger partial charge < -0.3 is 15.4 Å². The molecule has 0 saturated heterocycles. The van der Waals surface area contributed by atoms with Gasteiger partial charge in [0.2, 0.25) is 0 Å². The molecule has 5 nitrogen and oxygen atoms in total. The number of hydrogen-bond acceptors (Lipinski definition) is 4. The summed E-state index contributed by atoms with van der Waals surface area (Å²) in [6.07, 6.45) is -0.0147. The van der Waals surface area contributed by atoms with Gasteiger partial charge in [-0.2, -0.15) is 0 Å². The number of nitrogens with zero attached hydrogens (tertiary/aromatic N) is 2. The normalized spacial score (nSPS) is 13.0. The lowest BCUT2D eigenvalue weighted by Gasteiger charge is -2.18. The molecular weight excluding hydrogens is 308 g/mol. The number of aromatic nitrogens is 1. The second-order valence-corrected chi connectivity index (χ2v) is 6.48. The molecule has 0 aliphatic heterocycles. The number of thiazole rings is 1. The molecule has 1 aromatic carbocycles. The summed E-state index contributed by atoms with van der Waals surface area (Å²) in [7, 11) is 3.48. The molecule has 2 aromatic rings. The summed E-state index contributed by atoms with van der Waals surface area (Å²) in [5.41, 5.74) is 2.24. The maximum absolute atomic E-state index is 5.56. The lowest BCUT2D eigenvalue weighted by molar-refractivity contribution is 0.106. The first-order valence-electron chi connectivity index (χ1n) is 7.59. The third-order valence-electron chi connectivity index (χ3n) is 3.61. The van der Waals surface area contributed by atoms with Crippen molar-refractivity contribution < 1.29 is 4.74 Å². The van der Waals surface area contributed by atoms with E-state index < -0.39 is 0 Å². The molecule has 0 aliphatic rings. The van der Waals surface area contributed by atoms with E-state index >= 15 is 0 Å². The third-order valence-corrected chi connectivity index (χ3v) is 4.69. The minimum absolute atomic E-state index is 0.0147. The molecule has 0 aliphatic carbocycles. The summed E-state index contributed by atoms with van der Waals surface area (Å²) in [5, 5.41) is 7.65. The van der Waals surface area contributed by atoms with Crippen LogP contribution in [-0.4, -0.2) is 31.6 Å². The van der Waals surface area contributed by atoms with E-state index in [0.717, 1.165) is 22.2 Å². The first kappa shape index (κ1) is 17.4. The molecule has 1 heterocycles. The minimum atomic E-state index is -0.0147. The second kappa shape index (κ2) is 8.64. The number of benzene rings is 1. The molecule has 124 valence electrons. The van der Waals surface area contributed by atoms with Gasteiger partial charge in [0, 0.05) is 25.6 Å². The minimum Gasteiger partial charge on any atom is -0.375 e. The van der Waals surface area contributed by atoms with E-state index in [1.165, 1.54) is 4.88 Å². The highest BCUT2D eigenvalue weighted by Gasteiger charge is 2.11. The van der Waals surface area contributed by atoms with Gasteiger partial charge in [-0.05, 0) is 19.4 Å². The average Bonchev–Trinajstić information content (AvgIpc) is 2.90. The Balaban J connectivity index is 1.87. The number of aryl methyl sites for hydroxylation is 2. The van der Waals surface area contributed by atoms with E-state index in [2.05, 4.69) is 39.7 Å². The molecule has 2 N–H and O–H groups in total. The zero-order chi connectivity index (χ0) is 16.7. The predicted molar refractivity (Wildman–Crippen MR) is 96.0 cm³/mol. The number of nitrogens with one attached hydrogen (secondary N) is 2. The molecule has 6 heteroatoms.